The molecule has 0 rings (SSSR count). The van der Waals surface area contributed by atoms with Gasteiger partial charge in [-0.1, -0.05) is 13.8 Å². The fraction of sp³-hybridized carbons (Fsp3) is 1.00. The molecule has 0 saturated heterocycles. The zero-order chi connectivity index (χ0) is 13.3. The molecule has 0 saturated carbocycles. The lowest BCUT2D eigenvalue weighted by molar-refractivity contribution is 0.290. The molecular weight excluding hydrogens is 212 g/mol. The van der Waals surface area contributed by atoms with Crippen LogP contribution in [0.1, 0.15) is 33.1 Å². The molecule has 104 valence electrons. The average molecular weight is 244 g/mol. The molecule has 8 N–H and O–H groups in total. The van der Waals surface area contributed by atoms with Gasteiger partial charge in [0.2, 0.25) is 0 Å². The molecule has 4 atom stereocenters. The Bertz CT molecular complexity index is 157. The lowest BCUT2D eigenvalue weighted by Crippen LogP contribution is -2.28. The van der Waals surface area contributed by atoms with Crippen LogP contribution >= 0.6 is 0 Å². The monoisotopic (exact) mass is 244 g/mol. The van der Waals surface area contributed by atoms with E-state index in [4.69, 9.17) is 22.9 Å². The van der Waals surface area contributed by atoms with Gasteiger partial charge in [0.25, 0.3) is 0 Å². The Balaban J connectivity index is 4.11. The molecular formula is C13H32N4. The third-order valence-corrected chi connectivity index (χ3v) is 3.61. The predicted octanol–water partition coefficient (Wildman–Crippen LogP) is 0.496. The fourth-order valence-corrected chi connectivity index (χ4v) is 2.38. The summed E-state index contributed by atoms with van der Waals surface area (Å²) in [6.07, 6.45) is 3.34. The van der Waals surface area contributed by atoms with E-state index >= 15 is 0 Å². The van der Waals surface area contributed by atoms with Gasteiger partial charge in [0, 0.05) is 0 Å². The van der Waals surface area contributed by atoms with Crippen LogP contribution in [-0.2, 0) is 0 Å². The maximum absolute atomic E-state index is 5.84. The molecule has 0 amide bonds. The van der Waals surface area contributed by atoms with Crippen LogP contribution in [0.25, 0.3) is 0 Å². The lowest BCUT2D eigenvalue weighted by atomic mass is 9.83. The molecule has 0 bridgehead atoms. The van der Waals surface area contributed by atoms with E-state index in [1.165, 1.54) is 0 Å². The van der Waals surface area contributed by atoms with Gasteiger partial charge in [-0.15, -0.1) is 0 Å². The van der Waals surface area contributed by atoms with Gasteiger partial charge in [0.1, 0.15) is 0 Å². The van der Waals surface area contributed by atoms with Crippen LogP contribution in [0.4, 0.5) is 0 Å². The first kappa shape index (κ1) is 16.8. The molecule has 4 heteroatoms. The number of hydrogen-bond acceptors (Lipinski definition) is 4. The van der Waals surface area contributed by atoms with Crippen LogP contribution in [0.15, 0.2) is 0 Å². The molecule has 0 aromatic heterocycles. The quantitative estimate of drug-likeness (QED) is 0.449. The predicted molar refractivity (Wildman–Crippen MR) is 75.4 cm³/mol. The summed E-state index contributed by atoms with van der Waals surface area (Å²) in [5.41, 5.74) is 23.0. The molecule has 0 spiro atoms. The molecule has 0 aliphatic carbocycles. The first-order valence-corrected chi connectivity index (χ1v) is 6.87. The van der Waals surface area contributed by atoms with Gasteiger partial charge in [0.15, 0.2) is 0 Å². The maximum atomic E-state index is 5.84. The van der Waals surface area contributed by atoms with Crippen molar-refractivity contribution in [2.45, 2.75) is 33.1 Å². The molecule has 0 aromatic carbocycles. The summed E-state index contributed by atoms with van der Waals surface area (Å²) in [6, 6.07) is 0. The van der Waals surface area contributed by atoms with Gasteiger partial charge in [-0.2, -0.15) is 0 Å². The fourth-order valence-electron chi connectivity index (χ4n) is 2.38. The molecule has 0 heterocycles. The molecule has 0 aliphatic heterocycles. The van der Waals surface area contributed by atoms with Gasteiger partial charge in [-0.25, -0.2) is 0 Å². The van der Waals surface area contributed by atoms with Crippen LogP contribution in [0.5, 0.6) is 0 Å². The molecule has 0 aromatic rings. The summed E-state index contributed by atoms with van der Waals surface area (Å²) >= 11 is 0. The summed E-state index contributed by atoms with van der Waals surface area (Å²) in [7, 11) is 0. The Hall–Kier alpha value is -0.160. The van der Waals surface area contributed by atoms with Crippen molar-refractivity contribution >= 4 is 0 Å². The molecule has 4 unspecified atom stereocenters. The zero-order valence-corrected chi connectivity index (χ0v) is 11.6. The van der Waals surface area contributed by atoms with E-state index in [0.717, 1.165) is 45.4 Å². The third-order valence-electron chi connectivity index (χ3n) is 3.61. The Morgan fingerprint density at radius 1 is 0.588 bits per heavy atom. The van der Waals surface area contributed by atoms with Gasteiger partial charge in [0.05, 0.1) is 0 Å². The standard InChI is InChI=1S/C13H32N4/c1-10(6-14)3-12(8-16)5-13(9-17)4-11(2)7-15/h10-13H,3-9,14-17H2,1-2H3. The Morgan fingerprint density at radius 3 is 1.18 bits per heavy atom. The first-order chi connectivity index (χ1) is 8.07. The molecule has 17 heavy (non-hydrogen) atoms. The summed E-state index contributed by atoms with van der Waals surface area (Å²) in [5, 5.41) is 0. The van der Waals surface area contributed by atoms with Gasteiger partial charge in [-0.3, -0.25) is 0 Å². The molecule has 0 aliphatic rings. The van der Waals surface area contributed by atoms with Crippen LogP contribution in [0, 0.1) is 23.7 Å². The number of nitrogens with two attached hydrogens (primary N) is 4. The van der Waals surface area contributed by atoms with E-state index in [1.54, 1.807) is 0 Å². The van der Waals surface area contributed by atoms with Crippen molar-refractivity contribution in [1.82, 2.24) is 0 Å². The van der Waals surface area contributed by atoms with Crippen molar-refractivity contribution < 1.29 is 0 Å². The Morgan fingerprint density at radius 2 is 0.941 bits per heavy atom. The van der Waals surface area contributed by atoms with Gasteiger partial charge in [-0.05, 0) is 69.1 Å². The van der Waals surface area contributed by atoms with E-state index in [2.05, 4.69) is 13.8 Å². The summed E-state index contributed by atoms with van der Waals surface area (Å²) in [5.74, 6) is 2.20. The van der Waals surface area contributed by atoms with Crippen LogP contribution < -0.4 is 22.9 Å². The number of hydrogen-bond donors (Lipinski definition) is 4. The van der Waals surface area contributed by atoms with Crippen LogP contribution in [-0.4, -0.2) is 26.2 Å². The smallest absolute Gasteiger partial charge is 0.00486 e. The minimum absolute atomic E-state index is 0.548. The van der Waals surface area contributed by atoms with Crippen LogP contribution in [0.2, 0.25) is 0 Å². The van der Waals surface area contributed by atoms with E-state index in [-0.39, 0.29) is 0 Å². The van der Waals surface area contributed by atoms with Crippen molar-refractivity contribution in [3.05, 3.63) is 0 Å². The van der Waals surface area contributed by atoms with Crippen LogP contribution in [0.3, 0.4) is 0 Å². The second-order valence-electron chi connectivity index (χ2n) is 5.59. The SMILES string of the molecule is CC(CN)CC(CN)CC(CN)CC(C)CN. The zero-order valence-electron chi connectivity index (χ0n) is 11.6. The molecule has 0 radical (unpaired) electrons. The highest BCUT2D eigenvalue weighted by atomic mass is 14.6. The van der Waals surface area contributed by atoms with Crippen molar-refractivity contribution in [3.63, 3.8) is 0 Å². The van der Waals surface area contributed by atoms with Crippen molar-refractivity contribution in [2.24, 2.45) is 46.6 Å². The Labute approximate surface area is 106 Å². The normalized spacial score (nSPS) is 18.7. The molecule has 4 nitrogen and oxygen atoms in total. The van der Waals surface area contributed by atoms with Crippen molar-refractivity contribution in [2.75, 3.05) is 26.2 Å². The van der Waals surface area contributed by atoms with Gasteiger partial charge < -0.3 is 22.9 Å². The second-order valence-corrected chi connectivity index (χ2v) is 5.59. The first-order valence-electron chi connectivity index (χ1n) is 6.87. The van der Waals surface area contributed by atoms with Gasteiger partial charge >= 0.3 is 0 Å². The highest BCUT2D eigenvalue weighted by molar-refractivity contribution is 4.72. The second kappa shape index (κ2) is 9.83. The third kappa shape index (κ3) is 7.71. The minimum Gasteiger partial charge on any atom is -0.330 e. The van der Waals surface area contributed by atoms with E-state index < -0.39 is 0 Å². The topological polar surface area (TPSA) is 104 Å². The van der Waals surface area contributed by atoms with Crippen molar-refractivity contribution in [1.29, 1.82) is 0 Å². The molecule has 0 fully saturated rings. The van der Waals surface area contributed by atoms with E-state index in [1.807, 2.05) is 0 Å². The van der Waals surface area contributed by atoms with Crippen molar-refractivity contribution in [3.8, 4) is 0 Å². The highest BCUT2D eigenvalue weighted by Gasteiger charge is 2.18. The summed E-state index contributed by atoms with van der Waals surface area (Å²) in [6.45, 7) is 7.31. The lowest BCUT2D eigenvalue weighted by Gasteiger charge is -2.25. The highest BCUT2D eigenvalue weighted by Crippen LogP contribution is 2.23. The Kier molecular flexibility index (Phi) is 9.74. The summed E-state index contributed by atoms with van der Waals surface area (Å²) in [4.78, 5) is 0. The summed E-state index contributed by atoms with van der Waals surface area (Å²) < 4.78 is 0. The maximum Gasteiger partial charge on any atom is -0.00486 e. The van der Waals surface area contributed by atoms with E-state index in [9.17, 15) is 0 Å². The number of rotatable bonds is 10. The minimum atomic E-state index is 0.548. The largest absolute Gasteiger partial charge is 0.330 e. The van der Waals surface area contributed by atoms with E-state index in [0.29, 0.717) is 23.7 Å². The average Bonchev–Trinajstić information content (AvgIpc) is 2.36.